The van der Waals surface area contributed by atoms with Crippen molar-refractivity contribution in [2.45, 2.75) is 119 Å². The molecule has 0 nitrogen and oxygen atoms in total. The average molecular weight is 657 g/mol. The van der Waals surface area contributed by atoms with E-state index in [1.54, 1.807) is 27.4 Å². The molecule has 0 heterocycles. The van der Waals surface area contributed by atoms with Gasteiger partial charge in [-0.1, -0.05) is 116 Å². The Morgan fingerprint density at radius 3 is 1.85 bits per heavy atom. The molecule has 5 rings (SSSR count). The van der Waals surface area contributed by atoms with Gasteiger partial charge in [0.15, 0.2) is 0 Å². The Hall–Kier alpha value is -0.747. The maximum atomic E-state index is 3.53. The SMILES string of the molecule is CC(C)(C)c1c[c-]c2c(c1)-c1cc(C(C)(C)C)ccc1C2.CC1=[C-]C(C)C=C1C(C)C.[Cl-].[Cl-].[Zr+2]=[C]1CCCCC1. The summed E-state index contributed by atoms with van der Waals surface area (Å²) in [6.45, 7) is 22.4. The predicted octanol–water partition coefficient (Wildman–Crippen LogP) is 4.30. The van der Waals surface area contributed by atoms with Gasteiger partial charge < -0.3 is 24.8 Å². The van der Waals surface area contributed by atoms with Crippen molar-refractivity contribution in [2.75, 3.05) is 0 Å². The molecule has 0 spiro atoms. The first kappa shape index (κ1) is 37.3. The van der Waals surface area contributed by atoms with Crippen LogP contribution in [0.3, 0.4) is 0 Å². The van der Waals surface area contributed by atoms with Crippen molar-refractivity contribution >= 4 is 3.21 Å². The Labute approximate surface area is 274 Å². The molecule has 1 atom stereocenters. The molecule has 0 aromatic heterocycles. The van der Waals surface area contributed by atoms with Crippen LogP contribution < -0.4 is 24.8 Å². The van der Waals surface area contributed by atoms with E-state index < -0.39 is 0 Å². The van der Waals surface area contributed by atoms with Crippen LogP contribution >= 0.6 is 0 Å². The molecular weight excluding hydrogens is 607 g/mol. The molecule has 1 fully saturated rings. The zero-order valence-electron chi connectivity index (χ0n) is 26.6. The number of allylic oxidation sites excluding steroid dienone is 4. The third kappa shape index (κ3) is 10.2. The van der Waals surface area contributed by atoms with Crippen molar-refractivity contribution in [3.63, 3.8) is 0 Å². The second-order valence-corrected chi connectivity index (χ2v) is 15.6. The summed E-state index contributed by atoms with van der Waals surface area (Å²) in [7, 11) is 0. The summed E-state index contributed by atoms with van der Waals surface area (Å²) >= 11 is 1.69. The Morgan fingerprint density at radius 2 is 1.43 bits per heavy atom. The molecule has 3 aliphatic rings. The fraction of sp³-hybridized carbons (Fsp3) is 0.541. The van der Waals surface area contributed by atoms with Gasteiger partial charge in [0.2, 0.25) is 0 Å². The van der Waals surface area contributed by atoms with Crippen LogP contribution in [0.5, 0.6) is 0 Å². The van der Waals surface area contributed by atoms with E-state index in [0.717, 1.165) is 6.42 Å². The van der Waals surface area contributed by atoms with Crippen molar-refractivity contribution in [3.8, 4) is 11.1 Å². The van der Waals surface area contributed by atoms with E-state index in [-0.39, 0.29) is 35.6 Å². The number of halogens is 2. The van der Waals surface area contributed by atoms with Gasteiger partial charge in [-0.15, -0.1) is 5.56 Å². The van der Waals surface area contributed by atoms with Gasteiger partial charge in [0.1, 0.15) is 0 Å². The molecule has 3 aliphatic carbocycles. The molecule has 3 heteroatoms. The van der Waals surface area contributed by atoms with Gasteiger partial charge in [-0.2, -0.15) is 41.0 Å². The second kappa shape index (κ2) is 15.6. The van der Waals surface area contributed by atoms with Gasteiger partial charge in [0.25, 0.3) is 0 Å². The van der Waals surface area contributed by atoms with Crippen molar-refractivity contribution in [1.82, 2.24) is 0 Å². The van der Waals surface area contributed by atoms with Crippen LogP contribution in [0.1, 0.15) is 124 Å². The van der Waals surface area contributed by atoms with Crippen LogP contribution in [0.4, 0.5) is 0 Å². The van der Waals surface area contributed by atoms with Crippen molar-refractivity contribution < 1.29 is 49.0 Å². The molecule has 1 saturated carbocycles. The molecule has 0 aliphatic heterocycles. The summed E-state index contributed by atoms with van der Waals surface area (Å²) in [5, 5.41) is 0. The number of benzene rings is 2. The maximum absolute atomic E-state index is 3.53. The van der Waals surface area contributed by atoms with E-state index in [2.05, 4.69) is 118 Å². The summed E-state index contributed by atoms with van der Waals surface area (Å²) in [5.74, 6) is 1.20. The summed E-state index contributed by atoms with van der Waals surface area (Å²) in [6, 6.07) is 15.1. The van der Waals surface area contributed by atoms with E-state index in [1.807, 2.05) is 0 Å². The van der Waals surface area contributed by atoms with Crippen LogP contribution in [0.15, 0.2) is 47.6 Å². The van der Waals surface area contributed by atoms with E-state index >= 15 is 0 Å². The third-order valence-corrected chi connectivity index (χ3v) is 9.14. The molecule has 0 saturated heterocycles. The monoisotopic (exact) mass is 654 g/mol. The van der Waals surface area contributed by atoms with Gasteiger partial charge in [0.05, 0.1) is 0 Å². The molecule has 2 aromatic carbocycles. The minimum absolute atomic E-state index is 0. The fourth-order valence-electron chi connectivity index (χ4n) is 5.45. The molecule has 40 heavy (non-hydrogen) atoms. The Morgan fingerprint density at radius 1 is 0.850 bits per heavy atom. The third-order valence-electron chi connectivity index (χ3n) is 7.91. The van der Waals surface area contributed by atoms with Crippen molar-refractivity contribution in [1.29, 1.82) is 0 Å². The number of fused-ring (bicyclic) bond motifs is 3. The summed E-state index contributed by atoms with van der Waals surface area (Å²) in [6.07, 6.45) is 14.0. The molecular formula is C37H50Cl2Zr-2. The molecule has 0 N–H and O–H groups in total. The zero-order chi connectivity index (χ0) is 28.3. The van der Waals surface area contributed by atoms with Crippen LogP contribution in [0.25, 0.3) is 11.1 Å². The summed E-state index contributed by atoms with van der Waals surface area (Å²) < 4.78 is 1.80. The topological polar surface area (TPSA) is 0 Å². The molecule has 2 aromatic rings. The molecule has 0 radical (unpaired) electrons. The van der Waals surface area contributed by atoms with Gasteiger partial charge in [-0.05, 0) is 17.4 Å². The van der Waals surface area contributed by atoms with Crippen LogP contribution in [0.2, 0.25) is 0 Å². The summed E-state index contributed by atoms with van der Waals surface area (Å²) in [4.78, 5) is 0. The first-order valence-electron chi connectivity index (χ1n) is 14.7. The van der Waals surface area contributed by atoms with Crippen LogP contribution in [-0.4, -0.2) is 3.21 Å². The number of rotatable bonds is 1. The Balaban J connectivity index is 0.000000351. The van der Waals surface area contributed by atoms with E-state index in [4.69, 9.17) is 0 Å². The normalized spacial score (nSPS) is 17.6. The van der Waals surface area contributed by atoms with Gasteiger partial charge in [-0.3, -0.25) is 6.08 Å². The number of hydrogen-bond acceptors (Lipinski definition) is 0. The molecule has 0 bridgehead atoms. The number of hydrogen-bond donors (Lipinski definition) is 0. The van der Waals surface area contributed by atoms with Gasteiger partial charge in [0, 0.05) is 0 Å². The average Bonchev–Trinajstić information content (AvgIpc) is 3.37. The molecule has 218 valence electrons. The quantitative estimate of drug-likeness (QED) is 0.343. The fourth-order valence-corrected chi connectivity index (χ4v) is 6.32. The van der Waals surface area contributed by atoms with Gasteiger partial charge >= 0.3 is 59.5 Å². The van der Waals surface area contributed by atoms with E-state index in [9.17, 15) is 0 Å². The zero-order valence-corrected chi connectivity index (χ0v) is 30.6. The minimum atomic E-state index is 0. The second-order valence-electron chi connectivity index (χ2n) is 13.8. The predicted molar refractivity (Wildman–Crippen MR) is 164 cm³/mol. The first-order chi connectivity index (χ1) is 17.7. The summed E-state index contributed by atoms with van der Waals surface area (Å²) in [5.41, 5.74) is 11.6. The van der Waals surface area contributed by atoms with E-state index in [1.165, 1.54) is 76.6 Å². The van der Waals surface area contributed by atoms with Crippen molar-refractivity contribution in [3.05, 3.63) is 82.0 Å². The molecule has 1 unspecified atom stereocenters. The van der Waals surface area contributed by atoms with Crippen LogP contribution in [-0.2, 0) is 41.5 Å². The Kier molecular flexibility index (Phi) is 14.6. The first-order valence-corrected chi connectivity index (χ1v) is 16.0. The standard InChI is InChI=1S/C21H25.C10H15.C6H10.2ClH.Zr/c1-20(2,3)16-9-7-14-11-15-8-10-17(21(4,5)6)13-19(15)18(14)12-16;1-7(2)10-6-8(3)5-9(10)4;1-2-4-6-5-3-1;;;/h7,9-10,12-13H,11H2,1-6H3;6-8H,1-4H3;1-5H2;2*1H;/q2*-1;;;;+2/p-2. The van der Waals surface area contributed by atoms with Crippen LogP contribution in [0, 0.1) is 24.0 Å². The molecule has 0 amide bonds. The van der Waals surface area contributed by atoms with Gasteiger partial charge in [-0.25, -0.2) is 5.57 Å². The van der Waals surface area contributed by atoms with Crippen molar-refractivity contribution in [2.24, 2.45) is 11.8 Å². The van der Waals surface area contributed by atoms with E-state index in [0.29, 0.717) is 11.8 Å². The Bertz CT molecular complexity index is 1130.